The van der Waals surface area contributed by atoms with Crippen LogP contribution in [0.5, 0.6) is 0 Å². The zero-order valence-electron chi connectivity index (χ0n) is 15.4. The average Bonchev–Trinajstić information content (AvgIpc) is 3.26. The maximum atomic E-state index is 12.2. The lowest BCUT2D eigenvalue weighted by Crippen LogP contribution is -2.21. The van der Waals surface area contributed by atoms with Gasteiger partial charge in [-0.15, -0.1) is 11.3 Å². The first-order valence-electron chi connectivity index (χ1n) is 8.43. The SMILES string of the molecule is CCOC(=O)c1c(NC(=O)COC(=O)C=Cc2ccco2)sc(CC)c1C. The van der Waals surface area contributed by atoms with Gasteiger partial charge in [0.2, 0.25) is 0 Å². The highest BCUT2D eigenvalue weighted by Crippen LogP contribution is 2.34. The monoisotopic (exact) mass is 391 g/mol. The summed E-state index contributed by atoms with van der Waals surface area (Å²) >= 11 is 1.31. The molecule has 0 saturated carbocycles. The van der Waals surface area contributed by atoms with Crippen LogP contribution >= 0.6 is 11.3 Å². The number of nitrogens with one attached hydrogen (secondary N) is 1. The third kappa shape index (κ3) is 5.55. The van der Waals surface area contributed by atoms with Crippen molar-refractivity contribution in [1.82, 2.24) is 0 Å². The molecule has 7 nitrogen and oxygen atoms in total. The van der Waals surface area contributed by atoms with E-state index >= 15 is 0 Å². The van der Waals surface area contributed by atoms with Gasteiger partial charge in [-0.05, 0) is 44.0 Å². The van der Waals surface area contributed by atoms with Gasteiger partial charge in [-0.25, -0.2) is 9.59 Å². The molecule has 2 rings (SSSR count). The highest BCUT2D eigenvalue weighted by Gasteiger charge is 2.23. The first kappa shape index (κ1) is 20.4. The molecule has 1 amide bonds. The first-order chi connectivity index (χ1) is 13.0. The molecule has 0 spiro atoms. The van der Waals surface area contributed by atoms with E-state index in [4.69, 9.17) is 13.9 Å². The molecule has 1 N–H and O–H groups in total. The first-order valence-corrected chi connectivity index (χ1v) is 9.25. The molecule has 2 aromatic rings. The molecule has 27 heavy (non-hydrogen) atoms. The van der Waals surface area contributed by atoms with Crippen molar-refractivity contribution in [2.75, 3.05) is 18.5 Å². The minimum atomic E-state index is -0.677. The number of hydrogen-bond donors (Lipinski definition) is 1. The Balaban J connectivity index is 1.98. The molecule has 0 atom stereocenters. The lowest BCUT2D eigenvalue weighted by molar-refractivity contribution is -0.142. The molecule has 0 radical (unpaired) electrons. The van der Waals surface area contributed by atoms with Crippen LogP contribution in [0.2, 0.25) is 0 Å². The van der Waals surface area contributed by atoms with Gasteiger partial charge in [0.15, 0.2) is 6.61 Å². The average molecular weight is 391 g/mol. The van der Waals surface area contributed by atoms with E-state index in [1.807, 2.05) is 13.8 Å². The summed E-state index contributed by atoms with van der Waals surface area (Å²) in [5, 5.41) is 3.03. The fourth-order valence-electron chi connectivity index (χ4n) is 2.32. The predicted octanol–water partition coefficient (Wildman–Crippen LogP) is 3.58. The van der Waals surface area contributed by atoms with E-state index in [0.717, 1.165) is 16.9 Å². The minimum absolute atomic E-state index is 0.239. The Morgan fingerprint density at radius 3 is 2.67 bits per heavy atom. The van der Waals surface area contributed by atoms with Crippen molar-refractivity contribution in [2.45, 2.75) is 27.2 Å². The second-order valence-corrected chi connectivity index (χ2v) is 6.54. The van der Waals surface area contributed by atoms with Gasteiger partial charge in [-0.1, -0.05) is 6.92 Å². The quantitative estimate of drug-likeness (QED) is 0.546. The van der Waals surface area contributed by atoms with Crippen LogP contribution < -0.4 is 5.32 Å². The summed E-state index contributed by atoms with van der Waals surface area (Å²) in [6.45, 7) is 5.27. The van der Waals surface area contributed by atoms with E-state index in [-0.39, 0.29) is 6.61 Å². The van der Waals surface area contributed by atoms with E-state index < -0.39 is 24.5 Å². The van der Waals surface area contributed by atoms with Gasteiger partial charge in [-0.2, -0.15) is 0 Å². The van der Waals surface area contributed by atoms with Crippen molar-refractivity contribution in [3.63, 3.8) is 0 Å². The summed E-state index contributed by atoms with van der Waals surface area (Å²) in [5.41, 5.74) is 1.13. The van der Waals surface area contributed by atoms with Crippen molar-refractivity contribution in [2.24, 2.45) is 0 Å². The fourth-order valence-corrected chi connectivity index (χ4v) is 3.47. The molecule has 0 bridgehead atoms. The van der Waals surface area contributed by atoms with Crippen molar-refractivity contribution in [3.05, 3.63) is 46.2 Å². The van der Waals surface area contributed by atoms with Crippen LogP contribution in [-0.2, 0) is 25.5 Å². The smallest absolute Gasteiger partial charge is 0.341 e. The van der Waals surface area contributed by atoms with Gasteiger partial charge in [0.25, 0.3) is 5.91 Å². The van der Waals surface area contributed by atoms with E-state index in [9.17, 15) is 14.4 Å². The number of rotatable bonds is 8. The second-order valence-electron chi connectivity index (χ2n) is 5.43. The standard InChI is InChI=1S/C19H21NO6S/c1-4-14-12(3)17(19(23)24-5-2)18(27-14)20-15(21)11-26-16(22)9-8-13-7-6-10-25-13/h6-10H,4-5,11H2,1-3H3,(H,20,21). The maximum absolute atomic E-state index is 12.2. The number of carbonyl (C=O) groups is 3. The lowest BCUT2D eigenvalue weighted by atomic mass is 10.1. The lowest BCUT2D eigenvalue weighted by Gasteiger charge is -2.07. The van der Waals surface area contributed by atoms with Crippen LogP contribution in [0.25, 0.3) is 6.08 Å². The molecule has 144 valence electrons. The Labute approximate surface area is 161 Å². The number of thiophene rings is 1. The summed E-state index contributed by atoms with van der Waals surface area (Å²) in [4.78, 5) is 36.9. The molecular formula is C19H21NO6S. The number of carbonyl (C=O) groups excluding carboxylic acids is 3. The van der Waals surface area contributed by atoms with E-state index in [2.05, 4.69) is 5.32 Å². The Morgan fingerprint density at radius 1 is 1.26 bits per heavy atom. The molecule has 0 saturated heterocycles. The Hall–Kier alpha value is -2.87. The number of amides is 1. The molecule has 0 aliphatic heterocycles. The van der Waals surface area contributed by atoms with Gasteiger partial charge in [0, 0.05) is 11.0 Å². The third-order valence-electron chi connectivity index (χ3n) is 3.57. The molecule has 0 aliphatic rings. The zero-order chi connectivity index (χ0) is 19.8. The highest BCUT2D eigenvalue weighted by molar-refractivity contribution is 7.17. The molecule has 0 fully saturated rings. The summed E-state index contributed by atoms with van der Waals surface area (Å²) < 4.78 is 15.0. The Morgan fingerprint density at radius 2 is 2.04 bits per heavy atom. The number of hydrogen-bond acceptors (Lipinski definition) is 7. The molecule has 8 heteroatoms. The minimum Gasteiger partial charge on any atom is -0.465 e. The topological polar surface area (TPSA) is 94.8 Å². The molecule has 0 unspecified atom stereocenters. The van der Waals surface area contributed by atoms with Crippen LogP contribution in [-0.4, -0.2) is 31.1 Å². The zero-order valence-corrected chi connectivity index (χ0v) is 16.2. The highest BCUT2D eigenvalue weighted by atomic mass is 32.1. The summed E-state index contributed by atoms with van der Waals surface area (Å²) in [7, 11) is 0. The predicted molar refractivity (Wildman–Crippen MR) is 102 cm³/mol. The van der Waals surface area contributed by atoms with Gasteiger partial charge in [0.05, 0.1) is 18.4 Å². The second kappa shape index (κ2) is 9.72. The normalized spacial score (nSPS) is 10.8. The van der Waals surface area contributed by atoms with Crippen LogP contribution in [0.15, 0.2) is 28.9 Å². The van der Waals surface area contributed by atoms with Crippen LogP contribution in [0.1, 0.15) is 40.4 Å². The fraction of sp³-hybridized carbons (Fsp3) is 0.316. The number of aryl methyl sites for hydroxylation is 1. The van der Waals surface area contributed by atoms with Crippen LogP contribution in [0.3, 0.4) is 0 Å². The maximum Gasteiger partial charge on any atom is 0.341 e. The summed E-state index contributed by atoms with van der Waals surface area (Å²) in [6.07, 6.45) is 4.81. The number of esters is 2. The van der Waals surface area contributed by atoms with E-state index in [1.165, 1.54) is 29.8 Å². The van der Waals surface area contributed by atoms with Crippen LogP contribution in [0, 0.1) is 6.92 Å². The summed E-state index contributed by atoms with van der Waals surface area (Å²) in [6, 6.07) is 3.37. The third-order valence-corrected chi connectivity index (χ3v) is 4.92. The van der Waals surface area contributed by atoms with Gasteiger partial charge in [-0.3, -0.25) is 4.79 Å². The number of furan rings is 1. The van der Waals surface area contributed by atoms with E-state index in [0.29, 0.717) is 16.3 Å². The summed E-state index contributed by atoms with van der Waals surface area (Å²) in [5.74, 6) is -1.20. The van der Waals surface area contributed by atoms with Crippen LogP contribution in [0.4, 0.5) is 5.00 Å². The van der Waals surface area contributed by atoms with Crippen molar-refractivity contribution < 1.29 is 28.3 Å². The molecular weight excluding hydrogens is 370 g/mol. The number of ether oxygens (including phenoxy) is 2. The Bertz CT molecular complexity index is 835. The molecule has 0 aliphatic carbocycles. The van der Waals surface area contributed by atoms with E-state index in [1.54, 1.807) is 19.1 Å². The van der Waals surface area contributed by atoms with Crippen molar-refractivity contribution in [3.8, 4) is 0 Å². The molecule has 2 aromatic heterocycles. The largest absolute Gasteiger partial charge is 0.465 e. The molecule has 2 heterocycles. The van der Waals surface area contributed by atoms with Gasteiger partial charge < -0.3 is 19.2 Å². The number of anilines is 1. The van der Waals surface area contributed by atoms with Crippen molar-refractivity contribution >= 4 is 40.3 Å². The molecule has 0 aromatic carbocycles. The van der Waals surface area contributed by atoms with Gasteiger partial charge in [0.1, 0.15) is 10.8 Å². The van der Waals surface area contributed by atoms with Gasteiger partial charge >= 0.3 is 11.9 Å². The Kier molecular flexibility index (Phi) is 7.36. The van der Waals surface area contributed by atoms with Crippen molar-refractivity contribution in [1.29, 1.82) is 0 Å².